The van der Waals surface area contributed by atoms with Crippen LogP contribution in [0.15, 0.2) is 47.4 Å². The van der Waals surface area contributed by atoms with Crippen molar-refractivity contribution >= 4 is 5.91 Å². The topological polar surface area (TPSA) is 51.1 Å². The van der Waals surface area contributed by atoms with Crippen LogP contribution < -0.4 is 10.9 Å². The van der Waals surface area contributed by atoms with Crippen molar-refractivity contribution in [2.24, 2.45) is 0 Å². The first-order valence-electron chi connectivity index (χ1n) is 7.79. The zero-order valence-electron chi connectivity index (χ0n) is 12.5. The number of nitrogens with zero attached hydrogens (tertiary/aromatic N) is 1. The molecule has 1 aliphatic carbocycles. The molecule has 1 amide bonds. The van der Waals surface area contributed by atoms with Gasteiger partial charge in [-0.25, -0.2) is 0 Å². The second kappa shape index (κ2) is 6.60. The maximum absolute atomic E-state index is 12.1. The summed E-state index contributed by atoms with van der Waals surface area (Å²) in [7, 11) is 0. The van der Waals surface area contributed by atoms with Crippen LogP contribution in [-0.4, -0.2) is 17.0 Å². The first kappa shape index (κ1) is 14.6. The summed E-state index contributed by atoms with van der Waals surface area (Å²) in [6.07, 6.45) is 5.90. The number of hydrogen-bond donors (Lipinski definition) is 1. The molecule has 0 saturated carbocycles. The van der Waals surface area contributed by atoms with Crippen LogP contribution >= 0.6 is 0 Å². The van der Waals surface area contributed by atoms with Crippen LogP contribution in [0.4, 0.5) is 0 Å². The van der Waals surface area contributed by atoms with Crippen LogP contribution in [0.1, 0.15) is 34.3 Å². The molecule has 2 aromatic rings. The van der Waals surface area contributed by atoms with Crippen LogP contribution in [0.25, 0.3) is 0 Å². The Kier molecular flexibility index (Phi) is 4.37. The Morgan fingerprint density at radius 3 is 2.86 bits per heavy atom. The number of benzene rings is 1. The Hall–Kier alpha value is -2.36. The second-order valence-electron chi connectivity index (χ2n) is 5.68. The van der Waals surface area contributed by atoms with E-state index in [1.54, 1.807) is 22.9 Å². The fourth-order valence-electron chi connectivity index (χ4n) is 2.91. The minimum Gasteiger partial charge on any atom is -0.352 e. The molecule has 0 atom stereocenters. The highest BCUT2D eigenvalue weighted by molar-refractivity contribution is 5.94. The van der Waals surface area contributed by atoms with E-state index in [2.05, 4.69) is 11.4 Å². The molecule has 0 unspecified atom stereocenters. The van der Waals surface area contributed by atoms with Gasteiger partial charge in [0.15, 0.2) is 0 Å². The van der Waals surface area contributed by atoms with E-state index in [9.17, 15) is 9.59 Å². The SMILES string of the molecule is O=C(NCCCn1ccccc1=O)c1ccc2c(c1)CCC2. The Morgan fingerprint density at radius 2 is 2.00 bits per heavy atom. The van der Waals surface area contributed by atoms with Crippen molar-refractivity contribution in [3.63, 3.8) is 0 Å². The lowest BCUT2D eigenvalue weighted by atomic mass is 10.1. The third-order valence-corrected chi connectivity index (χ3v) is 4.12. The molecular weight excluding hydrogens is 276 g/mol. The van der Waals surface area contributed by atoms with E-state index in [0.717, 1.165) is 24.8 Å². The van der Waals surface area contributed by atoms with Crippen LogP contribution in [0.3, 0.4) is 0 Å². The molecule has 1 N–H and O–H groups in total. The molecule has 1 heterocycles. The van der Waals surface area contributed by atoms with Crippen LogP contribution in [0.5, 0.6) is 0 Å². The summed E-state index contributed by atoms with van der Waals surface area (Å²) in [5, 5.41) is 2.93. The summed E-state index contributed by atoms with van der Waals surface area (Å²) in [6, 6.07) is 11.1. The summed E-state index contributed by atoms with van der Waals surface area (Å²) in [5.41, 5.74) is 3.41. The normalized spacial score (nSPS) is 12.9. The van der Waals surface area contributed by atoms with Gasteiger partial charge in [-0.3, -0.25) is 9.59 Å². The van der Waals surface area contributed by atoms with Crippen molar-refractivity contribution in [1.29, 1.82) is 0 Å². The van der Waals surface area contributed by atoms with E-state index in [1.165, 1.54) is 17.5 Å². The smallest absolute Gasteiger partial charge is 0.251 e. The molecular formula is C18H20N2O2. The highest BCUT2D eigenvalue weighted by Crippen LogP contribution is 2.22. The summed E-state index contributed by atoms with van der Waals surface area (Å²) >= 11 is 0. The third kappa shape index (κ3) is 3.27. The summed E-state index contributed by atoms with van der Waals surface area (Å²) in [6.45, 7) is 1.18. The summed E-state index contributed by atoms with van der Waals surface area (Å²) < 4.78 is 1.65. The van der Waals surface area contributed by atoms with Crippen molar-refractivity contribution in [3.05, 3.63) is 69.6 Å². The molecule has 1 aliphatic rings. The monoisotopic (exact) mass is 296 g/mol. The van der Waals surface area contributed by atoms with Gasteiger partial charge in [-0.2, -0.15) is 0 Å². The van der Waals surface area contributed by atoms with Crippen LogP contribution in [0.2, 0.25) is 0 Å². The molecule has 0 fully saturated rings. The van der Waals surface area contributed by atoms with Crippen molar-refractivity contribution in [2.45, 2.75) is 32.2 Å². The molecule has 0 bridgehead atoms. The van der Waals surface area contributed by atoms with Crippen molar-refractivity contribution < 1.29 is 4.79 Å². The molecule has 0 radical (unpaired) electrons. The molecule has 4 heteroatoms. The minimum absolute atomic E-state index is 0.00699. The maximum Gasteiger partial charge on any atom is 0.251 e. The number of carbonyl (C=O) groups excluding carboxylic acids is 1. The third-order valence-electron chi connectivity index (χ3n) is 4.12. The molecule has 1 aromatic heterocycles. The molecule has 0 spiro atoms. The lowest BCUT2D eigenvalue weighted by molar-refractivity contribution is 0.0952. The number of aromatic nitrogens is 1. The predicted molar refractivity (Wildman–Crippen MR) is 86.1 cm³/mol. The second-order valence-corrected chi connectivity index (χ2v) is 5.68. The van der Waals surface area contributed by atoms with Crippen molar-refractivity contribution in [3.8, 4) is 0 Å². The van der Waals surface area contributed by atoms with E-state index in [0.29, 0.717) is 13.1 Å². The van der Waals surface area contributed by atoms with Gasteiger partial charge in [0.25, 0.3) is 5.91 Å². The predicted octanol–water partition coefficient (Wildman–Crippen LogP) is 2.16. The van der Waals surface area contributed by atoms with E-state index in [1.807, 2.05) is 18.2 Å². The van der Waals surface area contributed by atoms with Gasteiger partial charge in [0.1, 0.15) is 0 Å². The highest BCUT2D eigenvalue weighted by Gasteiger charge is 2.13. The molecule has 3 rings (SSSR count). The zero-order chi connectivity index (χ0) is 15.4. The number of amides is 1. The lowest BCUT2D eigenvalue weighted by Crippen LogP contribution is -2.26. The number of carbonyl (C=O) groups is 1. The number of fused-ring (bicyclic) bond motifs is 1. The van der Waals surface area contributed by atoms with Crippen molar-refractivity contribution in [1.82, 2.24) is 9.88 Å². The average Bonchev–Trinajstić information content (AvgIpc) is 3.00. The largest absolute Gasteiger partial charge is 0.352 e. The fraction of sp³-hybridized carbons (Fsp3) is 0.333. The Balaban J connectivity index is 1.50. The summed E-state index contributed by atoms with van der Waals surface area (Å²) in [5.74, 6) is -0.0323. The molecule has 4 nitrogen and oxygen atoms in total. The first-order chi connectivity index (χ1) is 10.7. The molecule has 1 aromatic carbocycles. The van der Waals surface area contributed by atoms with Gasteiger partial charge in [-0.15, -0.1) is 0 Å². The van der Waals surface area contributed by atoms with Gasteiger partial charge < -0.3 is 9.88 Å². The van der Waals surface area contributed by atoms with Crippen molar-refractivity contribution in [2.75, 3.05) is 6.54 Å². The fourth-order valence-corrected chi connectivity index (χ4v) is 2.91. The van der Waals surface area contributed by atoms with Gasteiger partial charge >= 0.3 is 0 Å². The Bertz CT molecular complexity index is 734. The number of nitrogens with one attached hydrogen (secondary N) is 1. The quantitative estimate of drug-likeness (QED) is 0.860. The molecule has 0 aliphatic heterocycles. The number of aryl methyl sites for hydroxylation is 3. The summed E-state index contributed by atoms with van der Waals surface area (Å²) in [4.78, 5) is 23.7. The van der Waals surface area contributed by atoms with Crippen LogP contribution in [-0.2, 0) is 19.4 Å². The number of pyridine rings is 1. The van der Waals surface area contributed by atoms with Gasteiger partial charge in [0, 0.05) is 30.9 Å². The standard InChI is InChI=1S/C18H20N2O2/c21-17-7-1-2-11-20(17)12-4-10-19-18(22)16-9-8-14-5-3-6-15(14)13-16/h1-2,7-9,11,13H,3-6,10,12H2,(H,19,22). The number of rotatable bonds is 5. The zero-order valence-corrected chi connectivity index (χ0v) is 12.5. The van der Waals surface area contributed by atoms with Gasteiger partial charge in [-0.1, -0.05) is 12.1 Å². The average molecular weight is 296 g/mol. The molecule has 0 saturated heterocycles. The lowest BCUT2D eigenvalue weighted by Gasteiger charge is -2.08. The highest BCUT2D eigenvalue weighted by atomic mass is 16.1. The first-order valence-corrected chi connectivity index (χ1v) is 7.79. The maximum atomic E-state index is 12.1. The van der Waals surface area contributed by atoms with Gasteiger partial charge in [0.2, 0.25) is 5.56 Å². The van der Waals surface area contributed by atoms with E-state index < -0.39 is 0 Å². The minimum atomic E-state index is -0.0323. The van der Waals surface area contributed by atoms with E-state index in [4.69, 9.17) is 0 Å². The Labute approximate surface area is 129 Å². The van der Waals surface area contributed by atoms with Crippen LogP contribution in [0, 0.1) is 0 Å². The Morgan fingerprint density at radius 1 is 1.14 bits per heavy atom. The van der Waals surface area contributed by atoms with E-state index >= 15 is 0 Å². The van der Waals surface area contributed by atoms with Gasteiger partial charge in [-0.05, 0) is 55.0 Å². The number of hydrogen-bond acceptors (Lipinski definition) is 2. The van der Waals surface area contributed by atoms with Gasteiger partial charge in [0.05, 0.1) is 0 Å². The molecule has 22 heavy (non-hydrogen) atoms. The van der Waals surface area contributed by atoms with E-state index in [-0.39, 0.29) is 11.5 Å². The molecule has 114 valence electrons.